The van der Waals surface area contributed by atoms with Crippen LogP contribution < -0.4 is 4.90 Å². The van der Waals surface area contributed by atoms with E-state index in [-0.39, 0.29) is 24.8 Å². The maximum Gasteiger partial charge on any atom is 0.206 e. The molecule has 0 radical (unpaired) electrons. The molecule has 4 rings (SSSR count). The van der Waals surface area contributed by atoms with Gasteiger partial charge in [-0.1, -0.05) is 18.6 Å². The van der Waals surface area contributed by atoms with Gasteiger partial charge in [0, 0.05) is 26.2 Å². The molecule has 0 spiro atoms. The van der Waals surface area contributed by atoms with E-state index in [4.69, 9.17) is 9.72 Å². The lowest BCUT2D eigenvalue weighted by Gasteiger charge is -2.30. The molecule has 2 aliphatic rings. The van der Waals surface area contributed by atoms with Gasteiger partial charge in [0.05, 0.1) is 24.2 Å². The monoisotopic (exact) mass is 386 g/mol. The average Bonchev–Trinajstić information content (AvgIpc) is 3.00. The van der Waals surface area contributed by atoms with Gasteiger partial charge in [-0.05, 0) is 38.1 Å². The van der Waals surface area contributed by atoms with E-state index in [0.717, 1.165) is 50.9 Å². The summed E-state index contributed by atoms with van der Waals surface area (Å²) in [6, 6.07) is 8.51. The van der Waals surface area contributed by atoms with Gasteiger partial charge >= 0.3 is 0 Å². The topological polar surface area (TPSA) is 33.5 Å². The number of rotatable bonds is 4. The Morgan fingerprint density at radius 1 is 0.880 bits per heavy atom. The van der Waals surface area contributed by atoms with Gasteiger partial charge in [-0.25, -0.2) is 4.98 Å². The normalized spacial score (nSPS) is 18.6. The van der Waals surface area contributed by atoms with Crippen molar-refractivity contribution in [1.82, 2.24) is 14.5 Å². The van der Waals surface area contributed by atoms with E-state index in [9.17, 15) is 0 Å². The third-order valence-electron chi connectivity index (χ3n) is 5.02. The van der Waals surface area contributed by atoms with Crippen LogP contribution in [0.4, 0.5) is 5.95 Å². The number of anilines is 1. The molecule has 2 aliphatic heterocycles. The Morgan fingerprint density at radius 2 is 1.60 bits per heavy atom. The maximum absolute atomic E-state index is 5.50. The summed E-state index contributed by atoms with van der Waals surface area (Å²) in [7, 11) is 0. The van der Waals surface area contributed by atoms with Crippen LogP contribution >= 0.6 is 24.8 Å². The number of hydrogen-bond acceptors (Lipinski definition) is 4. The Hall–Kier alpha value is -1.01. The highest BCUT2D eigenvalue weighted by Crippen LogP contribution is 2.23. The molecule has 0 aliphatic carbocycles. The van der Waals surface area contributed by atoms with Gasteiger partial charge in [0.2, 0.25) is 5.95 Å². The summed E-state index contributed by atoms with van der Waals surface area (Å²) in [4.78, 5) is 9.89. The minimum Gasteiger partial charge on any atom is -0.378 e. The molecule has 140 valence electrons. The van der Waals surface area contributed by atoms with Crippen LogP contribution in [0.5, 0.6) is 0 Å². The second kappa shape index (κ2) is 9.62. The lowest BCUT2D eigenvalue weighted by molar-refractivity contribution is 0.121. The zero-order valence-electron chi connectivity index (χ0n) is 14.6. The first-order valence-electron chi connectivity index (χ1n) is 8.92. The van der Waals surface area contributed by atoms with E-state index in [1.54, 1.807) is 0 Å². The molecule has 5 nitrogen and oxygen atoms in total. The Morgan fingerprint density at radius 3 is 2.36 bits per heavy atom. The van der Waals surface area contributed by atoms with E-state index in [0.29, 0.717) is 0 Å². The van der Waals surface area contributed by atoms with Crippen molar-refractivity contribution < 1.29 is 4.74 Å². The number of fused-ring (bicyclic) bond motifs is 1. The summed E-state index contributed by atoms with van der Waals surface area (Å²) in [5.41, 5.74) is 2.36. The molecular formula is C18H28Cl2N4O. The zero-order valence-corrected chi connectivity index (χ0v) is 16.2. The number of morpholine rings is 1. The number of hydrogen-bond donors (Lipinski definition) is 0. The van der Waals surface area contributed by atoms with Gasteiger partial charge < -0.3 is 19.1 Å². The molecule has 2 saturated heterocycles. The quantitative estimate of drug-likeness (QED) is 0.807. The number of ether oxygens (including phenoxy) is 1. The van der Waals surface area contributed by atoms with Crippen LogP contribution in [0.2, 0.25) is 0 Å². The SMILES string of the molecule is Cl.Cl.c1ccc2c(c1)nc(N1CCOCC1)n2CCN1CCCCC1. The summed E-state index contributed by atoms with van der Waals surface area (Å²) < 4.78 is 7.92. The van der Waals surface area contributed by atoms with E-state index in [1.807, 2.05) is 0 Å². The number of nitrogens with zero attached hydrogens (tertiary/aromatic N) is 4. The Bertz CT molecular complexity index is 652. The number of para-hydroxylation sites is 2. The van der Waals surface area contributed by atoms with E-state index < -0.39 is 0 Å². The molecule has 1 aromatic carbocycles. The van der Waals surface area contributed by atoms with Crippen molar-refractivity contribution in [2.75, 3.05) is 50.8 Å². The van der Waals surface area contributed by atoms with Crippen molar-refractivity contribution in [3.8, 4) is 0 Å². The van der Waals surface area contributed by atoms with Gasteiger partial charge in [-0.2, -0.15) is 0 Å². The van der Waals surface area contributed by atoms with Crippen LogP contribution in [0.3, 0.4) is 0 Å². The van der Waals surface area contributed by atoms with E-state index >= 15 is 0 Å². The lowest BCUT2D eigenvalue weighted by atomic mass is 10.1. The highest BCUT2D eigenvalue weighted by atomic mass is 35.5. The summed E-state index contributed by atoms with van der Waals surface area (Å²) >= 11 is 0. The van der Waals surface area contributed by atoms with Crippen LogP contribution in [0.25, 0.3) is 11.0 Å². The third kappa shape index (κ3) is 4.59. The van der Waals surface area contributed by atoms with Gasteiger partial charge in [-0.15, -0.1) is 24.8 Å². The summed E-state index contributed by atoms with van der Waals surface area (Å²) in [5.74, 6) is 1.12. The zero-order chi connectivity index (χ0) is 15.5. The highest BCUT2D eigenvalue weighted by Gasteiger charge is 2.20. The summed E-state index contributed by atoms with van der Waals surface area (Å²) in [6.07, 6.45) is 4.09. The number of piperidine rings is 1. The maximum atomic E-state index is 5.50. The Balaban J connectivity index is 0.00000113. The second-order valence-electron chi connectivity index (χ2n) is 6.55. The fourth-order valence-electron chi connectivity index (χ4n) is 3.71. The van der Waals surface area contributed by atoms with E-state index in [1.165, 1.54) is 37.9 Å². The fraction of sp³-hybridized carbons (Fsp3) is 0.611. The third-order valence-corrected chi connectivity index (χ3v) is 5.02. The van der Waals surface area contributed by atoms with Crippen LogP contribution in [0, 0.1) is 0 Å². The molecular weight excluding hydrogens is 359 g/mol. The van der Waals surface area contributed by atoms with E-state index in [2.05, 4.69) is 38.6 Å². The lowest BCUT2D eigenvalue weighted by Crippen LogP contribution is -2.38. The second-order valence-corrected chi connectivity index (χ2v) is 6.55. The molecule has 7 heteroatoms. The molecule has 2 aromatic rings. The molecule has 25 heavy (non-hydrogen) atoms. The Kier molecular flexibility index (Phi) is 7.81. The molecule has 0 unspecified atom stereocenters. The molecule has 0 amide bonds. The molecule has 3 heterocycles. The largest absolute Gasteiger partial charge is 0.378 e. The molecule has 1 aromatic heterocycles. The summed E-state index contributed by atoms with van der Waals surface area (Å²) in [5, 5.41) is 0. The molecule has 0 saturated carbocycles. The first-order valence-corrected chi connectivity index (χ1v) is 8.92. The predicted octanol–water partition coefficient (Wildman–Crippen LogP) is 3.20. The number of benzene rings is 1. The van der Waals surface area contributed by atoms with Gasteiger partial charge in [0.15, 0.2) is 0 Å². The van der Waals surface area contributed by atoms with Gasteiger partial charge in [0.25, 0.3) is 0 Å². The van der Waals surface area contributed by atoms with Crippen molar-refractivity contribution in [2.45, 2.75) is 25.8 Å². The number of aromatic nitrogens is 2. The summed E-state index contributed by atoms with van der Waals surface area (Å²) in [6.45, 7) is 8.12. The molecule has 2 fully saturated rings. The van der Waals surface area contributed by atoms with Gasteiger partial charge in [-0.3, -0.25) is 0 Å². The van der Waals surface area contributed by atoms with Crippen molar-refractivity contribution in [1.29, 1.82) is 0 Å². The van der Waals surface area contributed by atoms with Crippen molar-refractivity contribution in [3.63, 3.8) is 0 Å². The first-order chi connectivity index (χ1) is 11.4. The standard InChI is InChI=1S/C18H26N4O.2ClH/c1-4-8-20(9-5-1)10-11-22-17-7-3-2-6-16(17)19-18(22)21-12-14-23-15-13-21;;/h2-3,6-7H,1,4-5,8-15H2;2*1H. The minimum atomic E-state index is 0. The number of imidazole rings is 1. The number of likely N-dealkylation sites (tertiary alicyclic amines) is 1. The fourth-order valence-corrected chi connectivity index (χ4v) is 3.71. The number of halogens is 2. The van der Waals surface area contributed by atoms with Crippen LogP contribution in [-0.2, 0) is 11.3 Å². The van der Waals surface area contributed by atoms with Crippen molar-refractivity contribution in [3.05, 3.63) is 24.3 Å². The predicted molar refractivity (Wildman–Crippen MR) is 108 cm³/mol. The first kappa shape index (κ1) is 20.3. The molecule has 0 bridgehead atoms. The van der Waals surface area contributed by atoms with Crippen molar-refractivity contribution in [2.24, 2.45) is 0 Å². The molecule has 0 N–H and O–H groups in total. The van der Waals surface area contributed by atoms with Crippen LogP contribution in [0.15, 0.2) is 24.3 Å². The van der Waals surface area contributed by atoms with Crippen molar-refractivity contribution >= 4 is 41.8 Å². The smallest absolute Gasteiger partial charge is 0.206 e. The highest BCUT2D eigenvalue weighted by molar-refractivity contribution is 5.85. The average molecular weight is 387 g/mol. The van der Waals surface area contributed by atoms with Crippen LogP contribution in [-0.4, -0.2) is 60.4 Å². The van der Waals surface area contributed by atoms with Gasteiger partial charge in [0.1, 0.15) is 0 Å². The molecule has 0 atom stereocenters. The Labute approximate surface area is 162 Å². The van der Waals surface area contributed by atoms with Crippen LogP contribution in [0.1, 0.15) is 19.3 Å². The minimum absolute atomic E-state index is 0.